The van der Waals surface area contributed by atoms with Gasteiger partial charge in [0.2, 0.25) is 5.91 Å². The summed E-state index contributed by atoms with van der Waals surface area (Å²) in [5, 5.41) is 10.3. The lowest BCUT2D eigenvalue weighted by atomic mass is 9.76. The lowest BCUT2D eigenvalue weighted by Crippen LogP contribution is -2.55. The summed E-state index contributed by atoms with van der Waals surface area (Å²) < 4.78 is 110. The van der Waals surface area contributed by atoms with Crippen molar-refractivity contribution in [2.45, 2.75) is 105 Å². The molecule has 2 aromatic carbocycles. The molecule has 44 heavy (non-hydrogen) atoms. The second kappa shape index (κ2) is 12.5. The van der Waals surface area contributed by atoms with Crippen LogP contribution in [0.5, 0.6) is 0 Å². The van der Waals surface area contributed by atoms with Crippen LogP contribution in [0.25, 0.3) is 0 Å². The molecule has 5 nitrogen and oxygen atoms in total. The van der Waals surface area contributed by atoms with Crippen molar-refractivity contribution in [3.63, 3.8) is 0 Å². The fraction of sp³-hybridized carbons (Fsp3) is 0.581. The molecule has 1 aliphatic heterocycles. The molecule has 0 spiro atoms. The molecule has 0 bridgehead atoms. The van der Waals surface area contributed by atoms with Crippen molar-refractivity contribution in [1.29, 1.82) is 0 Å². The van der Waals surface area contributed by atoms with Crippen LogP contribution in [-0.4, -0.2) is 49.3 Å². The van der Waals surface area contributed by atoms with Crippen LogP contribution in [0.1, 0.15) is 81.9 Å². The Morgan fingerprint density at radius 1 is 1.00 bits per heavy atom. The maximum atomic E-state index is 14.5. The van der Waals surface area contributed by atoms with Gasteiger partial charge in [0.15, 0.2) is 9.84 Å². The van der Waals surface area contributed by atoms with Gasteiger partial charge in [-0.3, -0.25) is 4.79 Å². The quantitative estimate of drug-likeness (QED) is 0.207. The van der Waals surface area contributed by atoms with Gasteiger partial charge < -0.3 is 10.0 Å². The molecule has 3 atom stereocenters. The fourth-order valence-electron chi connectivity index (χ4n) is 6.94. The van der Waals surface area contributed by atoms with Gasteiger partial charge in [0, 0.05) is 23.0 Å². The monoisotopic (exact) mass is 667 g/mol. The molecule has 1 amide bonds. The highest BCUT2D eigenvalue weighted by Crippen LogP contribution is 2.55. The number of hydrogen-bond acceptors (Lipinski definition) is 4. The number of fused-ring (bicyclic) bond motifs is 3. The lowest BCUT2D eigenvalue weighted by molar-refractivity contribution is -0.376. The standard InChI is InChI=1S/C31H36ClF6NO4S/c1-3-5-6-8-20(7-4-2)27(40)39-18-17-28(44(42,43)24-13-11-23(32)12-14-24)25-15-10-22(19-21(25)9-16-26(28)39)29(41,30(33,34)35)31(36,37)38/h10-15,19-20,26,41H,3-9,16-18H2,1-2H3. The van der Waals surface area contributed by atoms with Crippen molar-refractivity contribution >= 4 is 27.3 Å². The van der Waals surface area contributed by atoms with Gasteiger partial charge in [-0.15, -0.1) is 0 Å². The summed E-state index contributed by atoms with van der Waals surface area (Å²) in [6.07, 6.45) is -7.67. The molecule has 0 aromatic heterocycles. The van der Waals surface area contributed by atoms with E-state index < -0.39 is 44.1 Å². The van der Waals surface area contributed by atoms with Gasteiger partial charge in [-0.05, 0) is 67.5 Å². The third kappa shape index (κ3) is 5.63. The smallest absolute Gasteiger partial charge is 0.369 e. The predicted molar refractivity (Wildman–Crippen MR) is 154 cm³/mol. The van der Waals surface area contributed by atoms with Gasteiger partial charge in [-0.25, -0.2) is 8.42 Å². The van der Waals surface area contributed by atoms with E-state index in [1.165, 1.54) is 24.3 Å². The van der Waals surface area contributed by atoms with Crippen LogP contribution in [-0.2, 0) is 31.4 Å². The summed E-state index contributed by atoms with van der Waals surface area (Å²) >= 11 is 6.00. The Balaban J connectivity index is 1.89. The SMILES string of the molecule is CCCCCC(CCC)C(=O)N1CCC2(S(=O)(=O)c3ccc(Cl)cc3)c3ccc(C(O)(C(F)(F)F)C(F)(F)F)cc3CCC12. The minimum Gasteiger partial charge on any atom is -0.369 e. The second-order valence-electron chi connectivity index (χ2n) is 11.7. The number of rotatable bonds is 10. The largest absolute Gasteiger partial charge is 0.430 e. The number of unbranched alkanes of at least 4 members (excludes halogenated alkanes) is 2. The molecule has 13 heteroatoms. The van der Waals surface area contributed by atoms with Crippen molar-refractivity contribution in [3.8, 4) is 0 Å². The predicted octanol–water partition coefficient (Wildman–Crippen LogP) is 7.87. The number of carbonyl (C=O) groups is 1. The highest BCUT2D eigenvalue weighted by atomic mass is 35.5. The van der Waals surface area contributed by atoms with E-state index in [1.807, 2.05) is 13.8 Å². The van der Waals surface area contributed by atoms with Gasteiger partial charge >= 0.3 is 12.4 Å². The number of aliphatic hydroxyl groups is 1. The summed E-state index contributed by atoms with van der Waals surface area (Å²) in [6.45, 7) is 4.06. The van der Waals surface area contributed by atoms with Crippen LogP contribution < -0.4 is 0 Å². The number of halogens is 7. The minimum absolute atomic E-state index is 0.000712. The zero-order valence-electron chi connectivity index (χ0n) is 24.4. The first kappa shape index (κ1) is 34.6. The number of alkyl halides is 6. The molecular weight excluding hydrogens is 632 g/mol. The molecule has 1 N–H and O–H groups in total. The maximum Gasteiger partial charge on any atom is 0.430 e. The molecule has 2 aromatic rings. The summed E-state index contributed by atoms with van der Waals surface area (Å²) in [5.41, 5.74) is -6.62. The van der Waals surface area contributed by atoms with Crippen molar-refractivity contribution < 1.29 is 44.7 Å². The van der Waals surface area contributed by atoms with E-state index in [2.05, 4.69) is 0 Å². The van der Waals surface area contributed by atoms with Crippen LogP contribution in [0.4, 0.5) is 26.3 Å². The highest BCUT2D eigenvalue weighted by Gasteiger charge is 2.72. The van der Waals surface area contributed by atoms with E-state index in [-0.39, 0.29) is 58.7 Å². The van der Waals surface area contributed by atoms with Crippen molar-refractivity contribution in [1.82, 2.24) is 4.90 Å². The number of hydrogen-bond donors (Lipinski definition) is 1. The van der Waals surface area contributed by atoms with Gasteiger partial charge in [0.05, 0.1) is 10.9 Å². The zero-order valence-corrected chi connectivity index (χ0v) is 26.0. The Bertz CT molecular complexity index is 1450. The van der Waals surface area contributed by atoms with Crippen LogP contribution in [0.2, 0.25) is 5.02 Å². The number of likely N-dealkylation sites (tertiary alicyclic amines) is 1. The Hall–Kier alpha value is -2.31. The molecule has 0 saturated carbocycles. The van der Waals surface area contributed by atoms with E-state index in [0.29, 0.717) is 25.0 Å². The number of sulfone groups is 1. The summed E-state index contributed by atoms with van der Waals surface area (Å²) in [5.74, 6) is -0.525. The summed E-state index contributed by atoms with van der Waals surface area (Å²) in [6, 6.07) is 6.51. The number of carbonyl (C=O) groups excluding carboxylic acids is 1. The Morgan fingerprint density at radius 2 is 1.64 bits per heavy atom. The third-order valence-corrected chi connectivity index (χ3v) is 12.0. The van der Waals surface area contributed by atoms with Gasteiger partial charge in [-0.2, -0.15) is 26.3 Å². The number of benzene rings is 2. The molecular formula is C31H36ClF6NO4S. The molecule has 1 fully saturated rings. The Kier molecular flexibility index (Phi) is 9.80. The van der Waals surface area contributed by atoms with Gasteiger partial charge in [-0.1, -0.05) is 69.3 Å². The number of amides is 1. The number of nitrogens with zero attached hydrogens (tertiary/aromatic N) is 1. The molecule has 4 rings (SSSR count). The first-order chi connectivity index (χ1) is 20.5. The molecule has 1 saturated heterocycles. The first-order valence-electron chi connectivity index (χ1n) is 14.8. The molecule has 1 aliphatic carbocycles. The second-order valence-corrected chi connectivity index (χ2v) is 14.4. The van der Waals surface area contributed by atoms with E-state index in [0.717, 1.165) is 31.7 Å². The van der Waals surface area contributed by atoms with Crippen molar-refractivity contribution in [2.75, 3.05) is 6.54 Å². The van der Waals surface area contributed by atoms with Gasteiger partial charge in [0.1, 0.15) is 4.75 Å². The normalized spacial score (nSPS) is 21.6. The number of aryl methyl sites for hydroxylation is 1. The first-order valence-corrected chi connectivity index (χ1v) is 16.6. The van der Waals surface area contributed by atoms with E-state index in [1.54, 1.807) is 4.90 Å². The molecule has 244 valence electrons. The van der Waals surface area contributed by atoms with Crippen molar-refractivity contribution in [3.05, 3.63) is 64.2 Å². The Labute approximate surface area is 258 Å². The summed E-state index contributed by atoms with van der Waals surface area (Å²) in [7, 11) is -4.38. The fourth-order valence-corrected chi connectivity index (χ4v) is 9.44. The summed E-state index contributed by atoms with van der Waals surface area (Å²) in [4.78, 5) is 15.4. The van der Waals surface area contributed by atoms with Crippen molar-refractivity contribution in [2.24, 2.45) is 5.92 Å². The van der Waals surface area contributed by atoms with E-state index in [4.69, 9.17) is 11.6 Å². The molecule has 3 unspecified atom stereocenters. The zero-order chi connectivity index (χ0) is 32.7. The maximum absolute atomic E-state index is 14.5. The molecule has 2 aliphatic rings. The average Bonchev–Trinajstić information content (AvgIpc) is 3.36. The van der Waals surface area contributed by atoms with Crippen LogP contribution in [0.15, 0.2) is 47.4 Å². The Morgan fingerprint density at radius 3 is 2.20 bits per heavy atom. The van der Waals surface area contributed by atoms with Crippen LogP contribution in [0, 0.1) is 5.92 Å². The van der Waals surface area contributed by atoms with Crippen LogP contribution >= 0.6 is 11.6 Å². The molecule has 0 radical (unpaired) electrons. The molecule has 1 heterocycles. The topological polar surface area (TPSA) is 74.7 Å². The van der Waals surface area contributed by atoms with E-state index in [9.17, 15) is 44.7 Å². The van der Waals surface area contributed by atoms with E-state index >= 15 is 0 Å². The van der Waals surface area contributed by atoms with Gasteiger partial charge in [0.25, 0.3) is 5.60 Å². The van der Waals surface area contributed by atoms with Crippen LogP contribution in [0.3, 0.4) is 0 Å². The lowest BCUT2D eigenvalue weighted by Gasteiger charge is -2.43. The third-order valence-electron chi connectivity index (χ3n) is 9.15. The average molecular weight is 668 g/mol. The minimum atomic E-state index is -6.09. The highest BCUT2D eigenvalue weighted by molar-refractivity contribution is 7.92.